The van der Waals surface area contributed by atoms with Crippen LogP contribution in [-0.4, -0.2) is 14.6 Å². The molecule has 0 aliphatic heterocycles. The second-order valence-electron chi connectivity index (χ2n) is 3.35. The SMILES string of the molecule is O=c1[nH]nc2cc(C(F)(F)F)c(C(F)(F)F)cn12. The van der Waals surface area contributed by atoms with Gasteiger partial charge in [0.15, 0.2) is 5.65 Å². The maximum atomic E-state index is 12.5. The van der Waals surface area contributed by atoms with Crippen LogP contribution in [0.15, 0.2) is 17.1 Å². The fraction of sp³-hybridized carbons (Fsp3) is 0.250. The molecule has 2 aromatic rings. The van der Waals surface area contributed by atoms with E-state index in [1.165, 1.54) is 0 Å². The number of fused-ring (bicyclic) bond motifs is 1. The van der Waals surface area contributed by atoms with Gasteiger partial charge in [-0.15, -0.1) is 0 Å². The molecule has 0 saturated carbocycles. The van der Waals surface area contributed by atoms with Crippen LogP contribution in [0.1, 0.15) is 11.1 Å². The van der Waals surface area contributed by atoms with Crippen LogP contribution in [0.5, 0.6) is 0 Å². The first-order valence-corrected chi connectivity index (χ1v) is 4.36. The van der Waals surface area contributed by atoms with Crippen LogP contribution < -0.4 is 5.69 Å². The number of hydrogen-bond acceptors (Lipinski definition) is 2. The van der Waals surface area contributed by atoms with Gasteiger partial charge in [0, 0.05) is 6.20 Å². The van der Waals surface area contributed by atoms with Gasteiger partial charge in [0.25, 0.3) is 0 Å². The molecule has 0 spiro atoms. The summed E-state index contributed by atoms with van der Waals surface area (Å²) in [5.41, 5.74) is -5.42. The molecule has 0 unspecified atom stereocenters. The summed E-state index contributed by atoms with van der Waals surface area (Å²) in [5, 5.41) is 4.93. The van der Waals surface area contributed by atoms with Gasteiger partial charge >= 0.3 is 18.0 Å². The predicted octanol–water partition coefficient (Wildman–Crippen LogP) is 2.06. The summed E-state index contributed by atoms with van der Waals surface area (Å²) in [7, 11) is 0. The molecular formula is C8H3F6N3O. The molecule has 2 aromatic heterocycles. The number of H-pyrrole nitrogens is 1. The highest BCUT2D eigenvalue weighted by Crippen LogP contribution is 2.40. The van der Waals surface area contributed by atoms with Gasteiger partial charge in [-0.1, -0.05) is 0 Å². The fourth-order valence-electron chi connectivity index (χ4n) is 1.41. The van der Waals surface area contributed by atoms with Crippen LogP contribution in [0.3, 0.4) is 0 Å². The minimum atomic E-state index is -5.23. The molecule has 2 rings (SSSR count). The molecule has 0 aromatic carbocycles. The molecule has 0 amide bonds. The largest absolute Gasteiger partial charge is 0.418 e. The van der Waals surface area contributed by atoms with Crippen molar-refractivity contribution in [3.63, 3.8) is 0 Å². The maximum Gasteiger partial charge on any atom is 0.418 e. The first kappa shape index (κ1) is 12.5. The molecule has 0 saturated heterocycles. The zero-order valence-corrected chi connectivity index (χ0v) is 8.23. The normalized spacial score (nSPS) is 13.2. The number of aromatic amines is 1. The standard InChI is InChI=1S/C8H3F6N3O/c9-7(10,11)3-1-5-15-16-6(18)17(5)2-4(3)8(12,13)14/h1-2H,(H,16,18). The van der Waals surface area contributed by atoms with Gasteiger partial charge in [-0.05, 0) is 6.07 Å². The van der Waals surface area contributed by atoms with Crippen molar-refractivity contribution in [2.45, 2.75) is 12.4 Å². The molecule has 0 radical (unpaired) electrons. The summed E-state index contributed by atoms with van der Waals surface area (Å²) in [6.07, 6.45) is -10.3. The van der Waals surface area contributed by atoms with Gasteiger partial charge in [-0.3, -0.25) is 0 Å². The Labute approximate surface area is 93.8 Å². The Hall–Kier alpha value is -2.00. The van der Waals surface area contributed by atoms with Gasteiger partial charge in [-0.2, -0.15) is 31.4 Å². The van der Waals surface area contributed by atoms with E-state index in [9.17, 15) is 31.1 Å². The molecule has 0 bridgehead atoms. The summed E-state index contributed by atoms with van der Waals surface area (Å²) in [5.74, 6) is 0. The predicted molar refractivity (Wildman–Crippen MR) is 45.8 cm³/mol. The van der Waals surface area contributed by atoms with E-state index < -0.39 is 34.8 Å². The van der Waals surface area contributed by atoms with Crippen molar-refractivity contribution in [2.75, 3.05) is 0 Å². The second kappa shape index (κ2) is 3.50. The Bertz CT molecular complexity index is 649. The third kappa shape index (κ3) is 1.93. The van der Waals surface area contributed by atoms with Crippen molar-refractivity contribution in [1.82, 2.24) is 14.6 Å². The van der Waals surface area contributed by atoms with Crippen molar-refractivity contribution >= 4 is 5.65 Å². The van der Waals surface area contributed by atoms with Crippen LogP contribution in [-0.2, 0) is 12.4 Å². The Kier molecular flexibility index (Phi) is 2.42. The van der Waals surface area contributed by atoms with Gasteiger partial charge in [0.2, 0.25) is 0 Å². The van der Waals surface area contributed by atoms with E-state index >= 15 is 0 Å². The number of aromatic nitrogens is 3. The number of nitrogens with one attached hydrogen (secondary N) is 1. The average Bonchev–Trinajstić information content (AvgIpc) is 2.56. The zero-order chi connectivity index (χ0) is 13.7. The lowest BCUT2D eigenvalue weighted by atomic mass is 10.1. The number of nitrogens with zero attached hydrogens (tertiary/aromatic N) is 2. The van der Waals surface area contributed by atoms with Crippen LogP contribution in [0.25, 0.3) is 5.65 Å². The lowest BCUT2D eigenvalue weighted by molar-refractivity contribution is -0.162. The highest BCUT2D eigenvalue weighted by Gasteiger charge is 2.43. The lowest BCUT2D eigenvalue weighted by Gasteiger charge is -2.15. The Balaban J connectivity index is 2.87. The van der Waals surface area contributed by atoms with Crippen molar-refractivity contribution in [2.24, 2.45) is 0 Å². The van der Waals surface area contributed by atoms with E-state index in [2.05, 4.69) is 5.10 Å². The number of pyridine rings is 1. The molecule has 10 heteroatoms. The van der Waals surface area contributed by atoms with E-state index in [0.29, 0.717) is 4.40 Å². The van der Waals surface area contributed by atoms with E-state index in [1.54, 1.807) is 5.10 Å². The third-order valence-electron chi connectivity index (χ3n) is 2.16. The number of rotatable bonds is 0. The minimum absolute atomic E-state index is 0.0734. The van der Waals surface area contributed by atoms with Crippen molar-refractivity contribution in [3.8, 4) is 0 Å². The summed E-state index contributed by atoms with van der Waals surface area (Å²) >= 11 is 0. The monoisotopic (exact) mass is 271 g/mol. The molecular weight excluding hydrogens is 268 g/mol. The molecule has 1 N–H and O–H groups in total. The summed E-state index contributed by atoms with van der Waals surface area (Å²) in [6, 6.07) is 0.167. The number of hydrogen-bond donors (Lipinski definition) is 1. The van der Waals surface area contributed by atoms with E-state index in [4.69, 9.17) is 0 Å². The maximum absolute atomic E-state index is 12.5. The van der Waals surface area contributed by atoms with Gasteiger partial charge in [-0.25, -0.2) is 14.3 Å². The van der Waals surface area contributed by atoms with E-state index in [-0.39, 0.29) is 12.3 Å². The van der Waals surface area contributed by atoms with E-state index in [1.807, 2.05) is 0 Å². The zero-order valence-electron chi connectivity index (χ0n) is 8.23. The van der Waals surface area contributed by atoms with Gasteiger partial charge < -0.3 is 0 Å². The van der Waals surface area contributed by atoms with Crippen LogP contribution >= 0.6 is 0 Å². The van der Waals surface area contributed by atoms with Crippen LogP contribution in [0.4, 0.5) is 26.3 Å². The fourth-order valence-corrected chi connectivity index (χ4v) is 1.41. The topological polar surface area (TPSA) is 50.2 Å². The molecule has 4 nitrogen and oxygen atoms in total. The summed E-state index contributed by atoms with van der Waals surface area (Å²) in [4.78, 5) is 11.0. The minimum Gasteiger partial charge on any atom is -0.250 e. The first-order chi connectivity index (χ1) is 8.10. The first-order valence-electron chi connectivity index (χ1n) is 4.36. The smallest absolute Gasteiger partial charge is 0.250 e. The molecule has 0 aliphatic carbocycles. The quantitative estimate of drug-likeness (QED) is 0.745. The molecule has 98 valence electrons. The molecule has 0 aliphatic rings. The molecule has 2 heterocycles. The lowest BCUT2D eigenvalue weighted by Crippen LogP contribution is -2.19. The molecule has 18 heavy (non-hydrogen) atoms. The average molecular weight is 271 g/mol. The Morgan fingerprint density at radius 2 is 1.61 bits per heavy atom. The van der Waals surface area contributed by atoms with Gasteiger partial charge in [0.05, 0.1) is 11.1 Å². The third-order valence-corrected chi connectivity index (χ3v) is 2.16. The van der Waals surface area contributed by atoms with Crippen LogP contribution in [0.2, 0.25) is 0 Å². The highest BCUT2D eigenvalue weighted by molar-refractivity contribution is 5.45. The van der Waals surface area contributed by atoms with Crippen LogP contribution in [0, 0.1) is 0 Å². The highest BCUT2D eigenvalue weighted by atomic mass is 19.4. The Morgan fingerprint density at radius 3 is 2.11 bits per heavy atom. The van der Waals surface area contributed by atoms with Crippen molar-refractivity contribution in [1.29, 1.82) is 0 Å². The van der Waals surface area contributed by atoms with Crippen molar-refractivity contribution in [3.05, 3.63) is 33.9 Å². The molecule has 0 fully saturated rings. The summed E-state index contributed by atoms with van der Waals surface area (Å²) < 4.78 is 75.3. The van der Waals surface area contributed by atoms with E-state index in [0.717, 1.165) is 0 Å². The number of halogens is 6. The number of alkyl halides is 6. The second-order valence-corrected chi connectivity index (χ2v) is 3.35. The Morgan fingerprint density at radius 1 is 1.06 bits per heavy atom. The van der Waals surface area contributed by atoms with Crippen molar-refractivity contribution < 1.29 is 26.3 Å². The summed E-state index contributed by atoms with van der Waals surface area (Å²) in [6.45, 7) is 0. The van der Waals surface area contributed by atoms with Gasteiger partial charge in [0.1, 0.15) is 0 Å². The molecule has 0 atom stereocenters.